The lowest BCUT2D eigenvalue weighted by atomic mass is 10.3. The number of aromatic nitrogens is 1. The fourth-order valence-electron chi connectivity index (χ4n) is 1.47. The van der Waals surface area contributed by atoms with E-state index in [9.17, 15) is 10.1 Å². The first-order chi connectivity index (χ1) is 9.49. The largest absolute Gasteiger partial charge is 0.497 e. The van der Waals surface area contributed by atoms with Gasteiger partial charge in [-0.15, -0.1) is 0 Å². The number of benzene rings is 1. The first-order valence-corrected chi connectivity index (χ1v) is 6.22. The Morgan fingerprint density at radius 2 is 2.10 bits per heavy atom. The molecule has 0 fully saturated rings. The molecule has 0 aliphatic heterocycles. The maximum Gasteiger partial charge on any atom is 0.278 e. The molecule has 0 aliphatic carbocycles. The third kappa shape index (κ3) is 3.15. The number of pyridine rings is 1. The summed E-state index contributed by atoms with van der Waals surface area (Å²) in [4.78, 5) is 14.1. The molecule has 0 bridgehead atoms. The van der Waals surface area contributed by atoms with E-state index in [-0.39, 0.29) is 17.4 Å². The molecule has 0 saturated carbocycles. The van der Waals surface area contributed by atoms with E-state index < -0.39 is 4.92 Å². The summed E-state index contributed by atoms with van der Waals surface area (Å²) in [7, 11) is 1.55. The van der Waals surface area contributed by atoms with E-state index in [0.717, 1.165) is 6.07 Å². The zero-order valence-electron chi connectivity index (χ0n) is 10.4. The fourth-order valence-corrected chi connectivity index (χ4v) is 1.91. The molecule has 20 heavy (non-hydrogen) atoms. The number of hydrogen-bond acceptors (Lipinski definition) is 6. The highest BCUT2D eigenvalue weighted by atomic mass is 79.9. The molecule has 0 atom stereocenters. The number of anilines is 1. The number of hydrogen-bond donors (Lipinski definition) is 1. The second-order valence-corrected chi connectivity index (χ2v) is 4.60. The average Bonchev–Trinajstić information content (AvgIpc) is 2.40. The summed E-state index contributed by atoms with van der Waals surface area (Å²) in [6, 6.07) is 7.42. The molecule has 0 spiro atoms. The number of halogens is 1. The Balaban J connectivity index is 2.32. The molecule has 2 rings (SSSR count). The zero-order valence-corrected chi connectivity index (χ0v) is 12.0. The maximum atomic E-state index is 10.7. The highest BCUT2D eigenvalue weighted by molar-refractivity contribution is 9.10. The summed E-state index contributed by atoms with van der Waals surface area (Å²) in [6.07, 6.45) is 0. The third-order valence-corrected chi connectivity index (χ3v) is 2.99. The van der Waals surface area contributed by atoms with Crippen molar-refractivity contribution in [3.05, 3.63) is 44.9 Å². The standard InChI is InChI=1S/C12H10BrN3O4/c1-19-8-2-3-10(9(13)6-8)20-12-5-7(16(17)18)4-11(14)15-12/h2-6H,1H3,(H2,14,15). The molecule has 0 saturated heterocycles. The molecule has 2 N–H and O–H groups in total. The Morgan fingerprint density at radius 1 is 1.35 bits per heavy atom. The Morgan fingerprint density at radius 3 is 2.70 bits per heavy atom. The SMILES string of the molecule is COc1ccc(Oc2cc([N+](=O)[O-])cc(N)n2)c(Br)c1. The van der Waals surface area contributed by atoms with Gasteiger partial charge in [-0.2, -0.15) is 4.98 Å². The summed E-state index contributed by atoms with van der Waals surface area (Å²) < 4.78 is 11.2. The van der Waals surface area contributed by atoms with Crippen LogP contribution in [-0.2, 0) is 0 Å². The predicted octanol–water partition coefficient (Wildman–Crippen LogP) is 3.14. The molecule has 0 unspecified atom stereocenters. The van der Waals surface area contributed by atoms with Gasteiger partial charge in [0.1, 0.15) is 17.3 Å². The molecule has 2 aromatic rings. The topological polar surface area (TPSA) is 101 Å². The molecule has 104 valence electrons. The van der Waals surface area contributed by atoms with Crippen molar-refractivity contribution in [3.8, 4) is 17.4 Å². The lowest BCUT2D eigenvalue weighted by Gasteiger charge is -2.08. The van der Waals surface area contributed by atoms with E-state index in [0.29, 0.717) is 16.0 Å². The minimum absolute atomic E-state index is 0.0128. The second kappa shape index (κ2) is 5.74. The van der Waals surface area contributed by atoms with Gasteiger partial charge < -0.3 is 15.2 Å². The Hall–Kier alpha value is -2.35. The third-order valence-electron chi connectivity index (χ3n) is 2.37. The van der Waals surface area contributed by atoms with E-state index in [1.54, 1.807) is 25.3 Å². The van der Waals surface area contributed by atoms with Crippen LogP contribution in [0, 0.1) is 10.1 Å². The van der Waals surface area contributed by atoms with E-state index in [4.69, 9.17) is 15.2 Å². The van der Waals surface area contributed by atoms with Crippen molar-refractivity contribution in [2.45, 2.75) is 0 Å². The molecular formula is C12H10BrN3O4. The molecule has 1 heterocycles. The summed E-state index contributed by atoms with van der Waals surface area (Å²) in [5, 5.41) is 10.7. The van der Waals surface area contributed by atoms with Gasteiger partial charge in [0.05, 0.1) is 28.6 Å². The highest BCUT2D eigenvalue weighted by Crippen LogP contribution is 2.33. The van der Waals surface area contributed by atoms with Gasteiger partial charge in [0.2, 0.25) is 5.88 Å². The lowest BCUT2D eigenvalue weighted by molar-refractivity contribution is -0.384. The van der Waals surface area contributed by atoms with E-state index in [1.807, 2.05) is 0 Å². The fraction of sp³-hybridized carbons (Fsp3) is 0.0833. The van der Waals surface area contributed by atoms with Gasteiger partial charge in [-0.25, -0.2) is 0 Å². The van der Waals surface area contributed by atoms with Crippen LogP contribution in [0.4, 0.5) is 11.5 Å². The van der Waals surface area contributed by atoms with E-state index >= 15 is 0 Å². The molecule has 0 amide bonds. The van der Waals surface area contributed by atoms with Crippen LogP contribution in [-0.4, -0.2) is 17.0 Å². The van der Waals surface area contributed by atoms with E-state index in [2.05, 4.69) is 20.9 Å². The summed E-state index contributed by atoms with van der Waals surface area (Å²) in [5.41, 5.74) is 5.32. The number of rotatable bonds is 4. The highest BCUT2D eigenvalue weighted by Gasteiger charge is 2.12. The normalized spacial score (nSPS) is 10.1. The van der Waals surface area contributed by atoms with Crippen molar-refractivity contribution >= 4 is 27.4 Å². The second-order valence-electron chi connectivity index (χ2n) is 3.74. The van der Waals surface area contributed by atoms with Gasteiger partial charge in [0, 0.05) is 0 Å². The first-order valence-electron chi connectivity index (χ1n) is 5.43. The van der Waals surface area contributed by atoms with Crippen LogP contribution in [0.25, 0.3) is 0 Å². The molecule has 1 aromatic heterocycles. The quantitative estimate of drug-likeness (QED) is 0.678. The van der Waals surface area contributed by atoms with Crippen LogP contribution < -0.4 is 15.2 Å². The number of nitrogens with zero attached hydrogens (tertiary/aromatic N) is 2. The molecule has 0 aliphatic rings. The van der Waals surface area contributed by atoms with Crippen molar-refractivity contribution in [1.29, 1.82) is 0 Å². The van der Waals surface area contributed by atoms with Gasteiger partial charge in [-0.1, -0.05) is 0 Å². The lowest BCUT2D eigenvalue weighted by Crippen LogP contribution is -1.97. The summed E-state index contributed by atoms with van der Waals surface area (Å²) in [5.74, 6) is 1.15. The van der Waals surface area contributed by atoms with Crippen molar-refractivity contribution in [1.82, 2.24) is 4.98 Å². The smallest absolute Gasteiger partial charge is 0.278 e. The number of methoxy groups -OCH3 is 1. The van der Waals surface area contributed by atoms with E-state index in [1.165, 1.54) is 6.07 Å². The molecule has 8 heteroatoms. The van der Waals surface area contributed by atoms with Crippen LogP contribution >= 0.6 is 15.9 Å². The maximum absolute atomic E-state index is 10.7. The number of ether oxygens (including phenoxy) is 2. The van der Waals surface area contributed by atoms with Crippen molar-refractivity contribution in [2.24, 2.45) is 0 Å². The summed E-state index contributed by atoms with van der Waals surface area (Å²) in [6.45, 7) is 0. The minimum Gasteiger partial charge on any atom is -0.497 e. The number of nitrogen functional groups attached to an aromatic ring is 1. The van der Waals surface area contributed by atoms with Gasteiger partial charge in [0.15, 0.2) is 0 Å². The Bertz CT molecular complexity index is 663. The predicted molar refractivity (Wildman–Crippen MR) is 76.1 cm³/mol. The van der Waals surface area contributed by atoms with Crippen LogP contribution in [0.15, 0.2) is 34.8 Å². The minimum atomic E-state index is -0.562. The Kier molecular flexibility index (Phi) is 4.04. The summed E-state index contributed by atoms with van der Waals surface area (Å²) >= 11 is 3.31. The van der Waals surface area contributed by atoms with Crippen LogP contribution in [0.3, 0.4) is 0 Å². The zero-order chi connectivity index (χ0) is 14.7. The van der Waals surface area contributed by atoms with Crippen LogP contribution in [0.5, 0.6) is 17.4 Å². The molecular weight excluding hydrogens is 330 g/mol. The molecule has 1 aromatic carbocycles. The van der Waals surface area contributed by atoms with Crippen molar-refractivity contribution < 1.29 is 14.4 Å². The average molecular weight is 340 g/mol. The van der Waals surface area contributed by atoms with Gasteiger partial charge >= 0.3 is 0 Å². The molecule has 7 nitrogen and oxygen atoms in total. The van der Waals surface area contributed by atoms with Gasteiger partial charge in [-0.05, 0) is 34.1 Å². The van der Waals surface area contributed by atoms with Crippen molar-refractivity contribution in [2.75, 3.05) is 12.8 Å². The van der Waals surface area contributed by atoms with Crippen molar-refractivity contribution in [3.63, 3.8) is 0 Å². The van der Waals surface area contributed by atoms with Crippen LogP contribution in [0.1, 0.15) is 0 Å². The number of nitrogens with two attached hydrogens (primary N) is 1. The molecule has 0 radical (unpaired) electrons. The van der Waals surface area contributed by atoms with Crippen LogP contribution in [0.2, 0.25) is 0 Å². The Labute approximate surface area is 122 Å². The first kappa shape index (κ1) is 14.1. The van der Waals surface area contributed by atoms with Gasteiger partial charge in [-0.3, -0.25) is 10.1 Å². The van der Waals surface area contributed by atoms with Gasteiger partial charge in [0.25, 0.3) is 5.69 Å². The number of nitro groups is 1. The monoisotopic (exact) mass is 339 g/mol.